The fourth-order valence-electron chi connectivity index (χ4n) is 1.38. The number of hydrogen-bond donors (Lipinski definition) is 1. The minimum atomic E-state index is 0.660. The first-order valence-electron chi connectivity index (χ1n) is 5.21. The number of nitrogens with one attached hydrogen (secondary N) is 1. The van der Waals surface area contributed by atoms with Crippen molar-refractivity contribution < 1.29 is 4.74 Å². The Morgan fingerprint density at radius 3 is 2.71 bits per heavy atom. The molecule has 0 spiro atoms. The van der Waals surface area contributed by atoms with Gasteiger partial charge in [-0.25, -0.2) is 4.98 Å². The van der Waals surface area contributed by atoms with Crippen LogP contribution < -0.4 is 5.32 Å². The van der Waals surface area contributed by atoms with Gasteiger partial charge in [0.05, 0.1) is 22.2 Å². The lowest BCUT2D eigenvalue weighted by molar-refractivity contribution is 0.211. The molecule has 92 valence electrons. The molecule has 2 aromatic heterocycles. The van der Waals surface area contributed by atoms with E-state index in [4.69, 9.17) is 4.74 Å². The largest absolute Gasteiger partial charge is 0.383 e. The monoisotopic (exact) mass is 270 g/mol. The summed E-state index contributed by atoms with van der Waals surface area (Å²) in [6.45, 7) is 5.40. The predicted octanol–water partition coefficient (Wildman–Crippen LogP) is 2.34. The lowest BCUT2D eigenvalue weighted by Crippen LogP contribution is -2.06. The van der Waals surface area contributed by atoms with Gasteiger partial charge in [-0.1, -0.05) is 11.3 Å². The van der Waals surface area contributed by atoms with Gasteiger partial charge in [-0.05, 0) is 13.8 Å². The van der Waals surface area contributed by atoms with Crippen molar-refractivity contribution in [2.24, 2.45) is 0 Å². The van der Waals surface area contributed by atoms with Gasteiger partial charge in [0.2, 0.25) is 5.13 Å². The zero-order chi connectivity index (χ0) is 12.3. The first-order chi connectivity index (χ1) is 8.20. The molecule has 2 heterocycles. The summed E-state index contributed by atoms with van der Waals surface area (Å²) in [5, 5.41) is 14.2. The van der Waals surface area contributed by atoms with Crippen LogP contribution in [0.4, 0.5) is 5.13 Å². The second-order valence-corrected chi connectivity index (χ2v) is 5.66. The fraction of sp³-hybridized carbons (Fsp3) is 0.500. The number of ether oxygens (including phenoxy) is 1. The summed E-state index contributed by atoms with van der Waals surface area (Å²) in [7, 11) is 1.68. The minimum Gasteiger partial charge on any atom is -0.383 e. The maximum absolute atomic E-state index is 4.96. The van der Waals surface area contributed by atoms with Crippen molar-refractivity contribution in [1.29, 1.82) is 0 Å². The van der Waals surface area contributed by atoms with Crippen LogP contribution in [0.3, 0.4) is 0 Å². The van der Waals surface area contributed by atoms with Gasteiger partial charge in [0, 0.05) is 13.7 Å². The Bertz CT molecular complexity index is 494. The number of aryl methyl sites for hydroxylation is 2. The highest BCUT2D eigenvalue weighted by Crippen LogP contribution is 2.33. The Morgan fingerprint density at radius 2 is 2.06 bits per heavy atom. The van der Waals surface area contributed by atoms with E-state index in [-0.39, 0.29) is 0 Å². The highest BCUT2D eigenvalue weighted by atomic mass is 32.1. The summed E-state index contributed by atoms with van der Waals surface area (Å²) in [4.78, 5) is 5.50. The number of thiazole rings is 1. The van der Waals surface area contributed by atoms with Crippen molar-refractivity contribution in [1.82, 2.24) is 15.2 Å². The van der Waals surface area contributed by atoms with E-state index in [0.717, 1.165) is 32.3 Å². The van der Waals surface area contributed by atoms with Crippen LogP contribution in [0.5, 0.6) is 0 Å². The van der Waals surface area contributed by atoms with E-state index in [1.807, 2.05) is 13.8 Å². The lowest BCUT2D eigenvalue weighted by atomic mass is 10.4. The minimum absolute atomic E-state index is 0.660. The molecule has 0 saturated carbocycles. The molecule has 0 fully saturated rings. The fourth-order valence-corrected chi connectivity index (χ4v) is 3.19. The van der Waals surface area contributed by atoms with Crippen LogP contribution in [0, 0.1) is 13.8 Å². The molecule has 2 aromatic rings. The van der Waals surface area contributed by atoms with Crippen LogP contribution >= 0.6 is 22.7 Å². The average molecular weight is 270 g/mol. The van der Waals surface area contributed by atoms with Crippen molar-refractivity contribution in [2.45, 2.75) is 13.8 Å². The summed E-state index contributed by atoms with van der Waals surface area (Å²) in [6.07, 6.45) is 0. The Balaban J connectivity index is 2.10. The molecule has 1 N–H and O–H groups in total. The molecule has 0 unspecified atom stereocenters. The highest BCUT2D eigenvalue weighted by Gasteiger charge is 2.12. The normalized spacial score (nSPS) is 10.8. The Kier molecular flexibility index (Phi) is 4.03. The highest BCUT2D eigenvalue weighted by molar-refractivity contribution is 7.23. The second-order valence-electron chi connectivity index (χ2n) is 3.48. The van der Waals surface area contributed by atoms with Crippen molar-refractivity contribution in [3.8, 4) is 9.88 Å². The van der Waals surface area contributed by atoms with Gasteiger partial charge in [0.15, 0.2) is 5.01 Å². The molecule has 17 heavy (non-hydrogen) atoms. The summed E-state index contributed by atoms with van der Waals surface area (Å²) < 4.78 is 4.96. The first kappa shape index (κ1) is 12.4. The van der Waals surface area contributed by atoms with Crippen molar-refractivity contribution in [2.75, 3.05) is 25.6 Å². The van der Waals surface area contributed by atoms with Gasteiger partial charge in [0.25, 0.3) is 0 Å². The number of methoxy groups -OCH3 is 1. The van der Waals surface area contributed by atoms with Crippen molar-refractivity contribution >= 4 is 27.8 Å². The van der Waals surface area contributed by atoms with E-state index >= 15 is 0 Å². The third kappa shape index (κ3) is 2.99. The molecule has 7 heteroatoms. The number of rotatable bonds is 5. The molecular formula is C10H14N4OS2. The van der Waals surface area contributed by atoms with E-state index in [1.165, 1.54) is 0 Å². The first-order valence-corrected chi connectivity index (χ1v) is 6.84. The third-order valence-corrected chi connectivity index (χ3v) is 4.21. The predicted molar refractivity (Wildman–Crippen MR) is 70.9 cm³/mol. The number of anilines is 1. The van der Waals surface area contributed by atoms with E-state index in [2.05, 4.69) is 20.5 Å². The topological polar surface area (TPSA) is 59.9 Å². The molecule has 2 rings (SSSR count). The van der Waals surface area contributed by atoms with Crippen LogP contribution in [0.25, 0.3) is 9.88 Å². The van der Waals surface area contributed by atoms with Crippen LogP contribution in [-0.4, -0.2) is 35.4 Å². The van der Waals surface area contributed by atoms with Gasteiger partial charge in [-0.2, -0.15) is 0 Å². The zero-order valence-corrected chi connectivity index (χ0v) is 11.6. The SMILES string of the molecule is COCCNc1nnc(-c2sc(C)nc2C)s1. The molecule has 0 saturated heterocycles. The molecule has 0 atom stereocenters. The Hall–Kier alpha value is -1.05. The third-order valence-electron chi connectivity index (χ3n) is 2.11. The Morgan fingerprint density at radius 1 is 1.24 bits per heavy atom. The molecule has 0 bridgehead atoms. The maximum atomic E-state index is 4.96. The molecule has 5 nitrogen and oxygen atoms in total. The second kappa shape index (κ2) is 5.52. The average Bonchev–Trinajstić information content (AvgIpc) is 2.86. The molecule has 0 aliphatic heterocycles. The molecule has 0 radical (unpaired) electrons. The molecular weight excluding hydrogens is 256 g/mol. The summed E-state index contributed by atoms with van der Waals surface area (Å²) in [5.74, 6) is 0. The summed E-state index contributed by atoms with van der Waals surface area (Å²) in [6, 6.07) is 0. The molecule has 0 aromatic carbocycles. The quantitative estimate of drug-likeness (QED) is 0.845. The zero-order valence-electron chi connectivity index (χ0n) is 9.98. The number of nitrogens with zero attached hydrogens (tertiary/aromatic N) is 3. The van der Waals surface area contributed by atoms with E-state index in [1.54, 1.807) is 29.8 Å². The van der Waals surface area contributed by atoms with Crippen LogP contribution in [0.15, 0.2) is 0 Å². The van der Waals surface area contributed by atoms with E-state index in [0.29, 0.717) is 6.61 Å². The summed E-state index contributed by atoms with van der Waals surface area (Å²) >= 11 is 3.20. The van der Waals surface area contributed by atoms with Gasteiger partial charge < -0.3 is 10.1 Å². The maximum Gasteiger partial charge on any atom is 0.206 e. The number of aromatic nitrogens is 3. The number of hydrogen-bond acceptors (Lipinski definition) is 7. The molecule has 0 aliphatic rings. The summed E-state index contributed by atoms with van der Waals surface area (Å²) in [5.41, 5.74) is 1.02. The Labute approximate surface area is 108 Å². The smallest absolute Gasteiger partial charge is 0.206 e. The van der Waals surface area contributed by atoms with Crippen LogP contribution in [0.1, 0.15) is 10.7 Å². The van der Waals surface area contributed by atoms with Gasteiger partial charge in [-0.15, -0.1) is 21.5 Å². The van der Waals surface area contributed by atoms with E-state index < -0.39 is 0 Å². The standard InChI is InChI=1S/C10H14N4OS2/c1-6-8(16-7(2)12-6)9-13-14-10(17-9)11-4-5-15-3/h4-5H2,1-3H3,(H,11,14). The molecule has 0 aliphatic carbocycles. The van der Waals surface area contributed by atoms with Gasteiger partial charge >= 0.3 is 0 Å². The lowest BCUT2D eigenvalue weighted by Gasteiger charge is -1.98. The van der Waals surface area contributed by atoms with Gasteiger partial charge in [0.1, 0.15) is 0 Å². The van der Waals surface area contributed by atoms with Crippen LogP contribution in [0.2, 0.25) is 0 Å². The van der Waals surface area contributed by atoms with Crippen LogP contribution in [-0.2, 0) is 4.74 Å². The van der Waals surface area contributed by atoms with Crippen molar-refractivity contribution in [3.05, 3.63) is 10.7 Å². The molecule has 0 amide bonds. The van der Waals surface area contributed by atoms with Crippen molar-refractivity contribution in [3.63, 3.8) is 0 Å². The van der Waals surface area contributed by atoms with E-state index in [9.17, 15) is 0 Å². The van der Waals surface area contributed by atoms with Gasteiger partial charge in [-0.3, -0.25) is 0 Å².